The van der Waals surface area contributed by atoms with Gasteiger partial charge >= 0.3 is 6.18 Å². The predicted octanol–water partition coefficient (Wildman–Crippen LogP) is 8.47. The molecule has 0 bridgehead atoms. The van der Waals surface area contributed by atoms with Crippen molar-refractivity contribution in [1.82, 2.24) is 0 Å². The molecule has 0 aliphatic rings. The van der Waals surface area contributed by atoms with E-state index in [2.05, 4.69) is 24.3 Å². The summed E-state index contributed by atoms with van der Waals surface area (Å²) >= 11 is 1.63. The van der Waals surface area contributed by atoms with E-state index in [0.717, 1.165) is 44.5 Å². The molecule has 0 aliphatic carbocycles. The molecule has 0 heterocycles. The van der Waals surface area contributed by atoms with Crippen LogP contribution in [-0.2, 0) is 6.18 Å². The minimum absolute atomic E-state index is 0.241. The summed E-state index contributed by atoms with van der Waals surface area (Å²) in [5.41, 5.74) is 2.27. The predicted molar refractivity (Wildman–Crippen MR) is 136 cm³/mol. The SMILES string of the molecule is [CH]Oc1ccc(SC/C(=C/c2cccc3ccccc23)COc2ccc(C(F)(F)F)cc2)cc1C. The van der Waals surface area contributed by atoms with E-state index in [0.29, 0.717) is 17.3 Å². The van der Waals surface area contributed by atoms with Gasteiger partial charge in [0.2, 0.25) is 0 Å². The molecule has 4 aromatic rings. The van der Waals surface area contributed by atoms with Crippen molar-refractivity contribution in [1.29, 1.82) is 0 Å². The second-order valence-electron chi connectivity index (χ2n) is 8.02. The van der Waals surface area contributed by atoms with Gasteiger partial charge in [-0.1, -0.05) is 48.5 Å². The third-order valence-corrected chi connectivity index (χ3v) is 6.59. The summed E-state index contributed by atoms with van der Waals surface area (Å²) in [4.78, 5) is 1.04. The molecule has 6 heteroatoms. The Balaban J connectivity index is 1.57. The van der Waals surface area contributed by atoms with E-state index in [1.807, 2.05) is 49.4 Å². The lowest BCUT2D eigenvalue weighted by atomic mass is 10.0. The van der Waals surface area contributed by atoms with Crippen molar-refractivity contribution in [3.63, 3.8) is 0 Å². The maximum absolute atomic E-state index is 12.9. The highest BCUT2D eigenvalue weighted by Gasteiger charge is 2.30. The van der Waals surface area contributed by atoms with E-state index in [1.54, 1.807) is 11.8 Å². The van der Waals surface area contributed by atoms with Crippen molar-refractivity contribution >= 4 is 28.6 Å². The molecule has 0 atom stereocenters. The van der Waals surface area contributed by atoms with Crippen LogP contribution in [-0.4, -0.2) is 12.4 Å². The Morgan fingerprint density at radius 2 is 1.69 bits per heavy atom. The minimum Gasteiger partial charge on any atom is -0.489 e. The molecule has 0 amide bonds. The van der Waals surface area contributed by atoms with Crippen LogP contribution in [0.5, 0.6) is 11.5 Å². The summed E-state index contributed by atoms with van der Waals surface area (Å²) in [7, 11) is 5.29. The summed E-state index contributed by atoms with van der Waals surface area (Å²) in [6.07, 6.45) is -2.29. The van der Waals surface area contributed by atoms with Crippen LogP contribution >= 0.6 is 11.8 Å². The normalized spacial score (nSPS) is 12.1. The third-order valence-electron chi connectivity index (χ3n) is 5.49. The van der Waals surface area contributed by atoms with Gasteiger partial charge in [0, 0.05) is 10.6 Å². The second kappa shape index (κ2) is 10.9. The van der Waals surface area contributed by atoms with Gasteiger partial charge in [0.25, 0.3) is 0 Å². The van der Waals surface area contributed by atoms with Crippen LogP contribution in [0.1, 0.15) is 16.7 Å². The van der Waals surface area contributed by atoms with Crippen LogP contribution in [0.15, 0.2) is 95.4 Å². The smallest absolute Gasteiger partial charge is 0.416 e. The summed E-state index contributed by atoms with van der Waals surface area (Å²) in [5, 5.41) is 2.25. The number of thioether (sulfide) groups is 1. The number of benzene rings is 4. The molecule has 0 fully saturated rings. The van der Waals surface area contributed by atoms with E-state index in [4.69, 9.17) is 16.6 Å². The highest BCUT2D eigenvalue weighted by molar-refractivity contribution is 7.99. The van der Waals surface area contributed by atoms with E-state index >= 15 is 0 Å². The van der Waals surface area contributed by atoms with Gasteiger partial charge in [0.05, 0.1) is 5.56 Å². The van der Waals surface area contributed by atoms with E-state index in [9.17, 15) is 13.2 Å². The Labute approximate surface area is 207 Å². The third kappa shape index (κ3) is 6.40. The topological polar surface area (TPSA) is 18.5 Å². The fourth-order valence-electron chi connectivity index (χ4n) is 3.66. The number of ether oxygens (including phenoxy) is 2. The molecule has 0 aliphatic heterocycles. The van der Waals surface area contributed by atoms with Crippen molar-refractivity contribution in [2.75, 3.05) is 12.4 Å². The monoisotopic (exact) mass is 492 g/mol. The molecular formula is C29H23F3O2S. The fraction of sp³-hybridized carbons (Fsp3) is 0.138. The number of hydrogen-bond donors (Lipinski definition) is 0. The van der Waals surface area contributed by atoms with Gasteiger partial charge < -0.3 is 9.47 Å². The summed E-state index contributed by atoms with van der Waals surface area (Å²) in [6, 6.07) is 24.7. The summed E-state index contributed by atoms with van der Waals surface area (Å²) in [6.45, 7) is 2.16. The first kappa shape index (κ1) is 24.7. The van der Waals surface area contributed by atoms with Gasteiger partial charge in [0.15, 0.2) is 7.11 Å². The Kier molecular flexibility index (Phi) is 7.71. The lowest BCUT2D eigenvalue weighted by Crippen LogP contribution is -2.06. The van der Waals surface area contributed by atoms with Crippen molar-refractivity contribution < 1.29 is 22.6 Å². The molecule has 0 N–H and O–H groups in total. The van der Waals surface area contributed by atoms with Crippen LogP contribution < -0.4 is 9.47 Å². The molecule has 0 saturated carbocycles. The summed E-state index contributed by atoms with van der Waals surface area (Å²) in [5.74, 6) is 1.63. The van der Waals surface area contributed by atoms with Crippen molar-refractivity contribution in [3.8, 4) is 11.5 Å². The Morgan fingerprint density at radius 1 is 0.943 bits per heavy atom. The molecular weight excluding hydrogens is 469 g/mol. The van der Waals surface area contributed by atoms with Crippen LogP contribution in [0.25, 0.3) is 16.8 Å². The molecule has 0 spiro atoms. The number of rotatable bonds is 8. The van der Waals surface area contributed by atoms with Crippen molar-refractivity contribution in [3.05, 3.63) is 114 Å². The van der Waals surface area contributed by atoms with Crippen molar-refractivity contribution in [2.45, 2.75) is 18.0 Å². The molecule has 0 saturated heterocycles. The lowest BCUT2D eigenvalue weighted by molar-refractivity contribution is -0.137. The van der Waals surface area contributed by atoms with Crippen LogP contribution in [0, 0.1) is 14.0 Å². The van der Waals surface area contributed by atoms with Crippen molar-refractivity contribution in [2.24, 2.45) is 0 Å². The highest BCUT2D eigenvalue weighted by atomic mass is 32.2. The zero-order chi connectivity index (χ0) is 24.8. The fourth-order valence-corrected chi connectivity index (χ4v) is 4.60. The van der Waals surface area contributed by atoms with Crippen LogP contribution in [0.4, 0.5) is 13.2 Å². The van der Waals surface area contributed by atoms with Crippen LogP contribution in [0.3, 0.4) is 0 Å². The summed E-state index contributed by atoms with van der Waals surface area (Å²) < 4.78 is 49.4. The van der Waals surface area contributed by atoms with Gasteiger partial charge in [-0.25, -0.2) is 0 Å². The largest absolute Gasteiger partial charge is 0.489 e. The zero-order valence-electron chi connectivity index (χ0n) is 19.0. The van der Waals surface area contributed by atoms with E-state index in [1.165, 1.54) is 12.1 Å². The van der Waals surface area contributed by atoms with Gasteiger partial charge in [0.1, 0.15) is 18.1 Å². The molecule has 2 nitrogen and oxygen atoms in total. The first-order valence-electron chi connectivity index (χ1n) is 10.9. The Morgan fingerprint density at radius 3 is 2.40 bits per heavy atom. The molecule has 178 valence electrons. The Bertz CT molecular complexity index is 1320. The maximum atomic E-state index is 12.9. The number of halogens is 3. The standard InChI is InChI=1S/C29H23F3O2S/c1-20-16-26(14-15-28(20)33-2)35-19-21(17-23-8-5-7-22-6-3-4-9-27(22)23)18-34-25-12-10-24(11-13-25)29(30,31)32/h2-17H,18-19H2,1H3/b21-17+. The average Bonchev–Trinajstić information content (AvgIpc) is 2.85. The van der Waals surface area contributed by atoms with Gasteiger partial charge in [-0.05, 0) is 76.9 Å². The zero-order valence-corrected chi connectivity index (χ0v) is 19.8. The molecule has 35 heavy (non-hydrogen) atoms. The van der Waals surface area contributed by atoms with Gasteiger partial charge in [-0.15, -0.1) is 11.8 Å². The molecule has 2 radical (unpaired) electrons. The molecule has 0 unspecified atom stereocenters. The number of alkyl halides is 3. The van der Waals surface area contributed by atoms with E-state index < -0.39 is 11.7 Å². The number of fused-ring (bicyclic) bond motifs is 1. The first-order valence-corrected chi connectivity index (χ1v) is 11.9. The average molecular weight is 493 g/mol. The molecule has 0 aromatic heterocycles. The quantitative estimate of drug-likeness (QED) is 0.230. The first-order chi connectivity index (χ1) is 16.8. The number of hydrogen-bond acceptors (Lipinski definition) is 3. The van der Waals surface area contributed by atoms with Crippen LogP contribution in [0.2, 0.25) is 0 Å². The highest BCUT2D eigenvalue weighted by Crippen LogP contribution is 2.31. The molecule has 4 rings (SSSR count). The van der Waals surface area contributed by atoms with Gasteiger partial charge in [-0.2, -0.15) is 13.2 Å². The second-order valence-corrected chi connectivity index (χ2v) is 9.06. The lowest BCUT2D eigenvalue weighted by Gasteiger charge is -2.13. The Hall–Kier alpha value is -3.38. The molecule has 4 aromatic carbocycles. The van der Waals surface area contributed by atoms with Gasteiger partial charge in [-0.3, -0.25) is 0 Å². The maximum Gasteiger partial charge on any atom is 0.416 e. The number of aryl methyl sites for hydroxylation is 1. The van der Waals surface area contributed by atoms with E-state index in [-0.39, 0.29) is 6.61 Å². The minimum atomic E-state index is -4.38.